The molecule has 0 saturated heterocycles. The lowest BCUT2D eigenvalue weighted by Gasteiger charge is -2.30. The Morgan fingerprint density at radius 3 is 1.11 bits per heavy atom. The molecule has 0 heterocycles. The van der Waals surface area contributed by atoms with Gasteiger partial charge in [-0.15, -0.1) is 0 Å². The first-order chi connectivity index (χ1) is 22.4. The molecule has 0 aliphatic rings. The molecule has 0 aromatic rings. The van der Waals surface area contributed by atoms with Crippen molar-refractivity contribution in [1.82, 2.24) is 0 Å². The summed E-state index contributed by atoms with van der Waals surface area (Å²) in [6, 6.07) is 0. The average molecular weight is 717 g/mol. The second kappa shape index (κ2) is 30.2. The first-order valence-electron chi connectivity index (χ1n) is 20.5. The van der Waals surface area contributed by atoms with Crippen LogP contribution in [0.4, 0.5) is 0 Å². The van der Waals surface area contributed by atoms with Gasteiger partial charge >= 0.3 is 5.97 Å². The van der Waals surface area contributed by atoms with E-state index in [1.807, 2.05) is 35.3 Å². The van der Waals surface area contributed by atoms with Gasteiger partial charge in [0.15, 0.2) is 0 Å². The van der Waals surface area contributed by atoms with Crippen LogP contribution >= 0.6 is 35.3 Å². The van der Waals surface area contributed by atoms with Crippen LogP contribution < -0.4 is 0 Å². The quantitative estimate of drug-likeness (QED) is 0.0481. The first-order valence-corrected chi connectivity index (χ1v) is 23.4. The molecule has 0 radical (unpaired) electrons. The van der Waals surface area contributed by atoms with Gasteiger partial charge in [-0.2, -0.15) is 35.3 Å². The number of esters is 1. The Kier molecular flexibility index (Phi) is 30.5. The van der Waals surface area contributed by atoms with E-state index >= 15 is 0 Å². The Morgan fingerprint density at radius 2 is 0.766 bits per heavy atom. The molecule has 0 saturated carbocycles. The maximum Gasteiger partial charge on any atom is 0.306 e. The van der Waals surface area contributed by atoms with Crippen molar-refractivity contribution in [3.8, 4) is 0 Å². The van der Waals surface area contributed by atoms with Crippen LogP contribution in [0.5, 0.6) is 0 Å². The maximum absolute atomic E-state index is 13.2. The predicted molar refractivity (Wildman–Crippen MR) is 222 cm³/mol. The van der Waals surface area contributed by atoms with Gasteiger partial charge < -0.3 is 4.74 Å². The Labute approximate surface area is 309 Å². The molecular formula is C42H84O2S3. The van der Waals surface area contributed by atoms with E-state index in [1.54, 1.807) is 0 Å². The van der Waals surface area contributed by atoms with Crippen LogP contribution in [0, 0.1) is 0 Å². The van der Waals surface area contributed by atoms with Crippen LogP contribution in [-0.2, 0) is 9.53 Å². The van der Waals surface area contributed by atoms with E-state index < -0.39 is 0 Å². The molecule has 0 aromatic heterocycles. The molecule has 2 nitrogen and oxygen atoms in total. The number of thioether (sulfide) groups is 3. The summed E-state index contributed by atoms with van der Waals surface area (Å²) < 4.78 is 6.95. The Morgan fingerprint density at radius 1 is 0.468 bits per heavy atom. The lowest BCUT2D eigenvalue weighted by Crippen LogP contribution is -2.29. The van der Waals surface area contributed by atoms with E-state index in [-0.39, 0.29) is 26.3 Å². The number of hydrogen-bond donors (Lipinski definition) is 0. The molecular weight excluding hydrogens is 633 g/mol. The molecule has 0 atom stereocenters. The summed E-state index contributed by atoms with van der Waals surface area (Å²) in [5, 5.41) is 0. The highest BCUT2D eigenvalue weighted by Crippen LogP contribution is 2.36. The van der Waals surface area contributed by atoms with Gasteiger partial charge in [0, 0.05) is 31.5 Å². The topological polar surface area (TPSA) is 26.3 Å². The highest BCUT2D eigenvalue weighted by atomic mass is 32.2. The molecule has 0 unspecified atom stereocenters. The largest absolute Gasteiger partial charge is 0.461 e. The van der Waals surface area contributed by atoms with Crippen molar-refractivity contribution in [3.05, 3.63) is 0 Å². The third-order valence-corrected chi connectivity index (χ3v) is 14.0. The van der Waals surface area contributed by atoms with Crippen LogP contribution in [0.15, 0.2) is 0 Å². The van der Waals surface area contributed by atoms with Gasteiger partial charge in [-0.05, 0) is 19.3 Å². The van der Waals surface area contributed by atoms with Gasteiger partial charge in [-0.3, -0.25) is 4.79 Å². The standard InChI is InChI=1S/C42H84O2S3/c1-10-13-16-19-22-25-28-32-40(4,5)45-35-31-39(43)44-38(36-46-41(6,7)33-29-26-23-20-17-14-11-2)37-47-42(8,9)34-30-27-24-21-18-15-12-3/h38H,10-37H2,1-9H3. The molecule has 0 aliphatic heterocycles. The predicted octanol–water partition coefficient (Wildman–Crippen LogP) is 15.2. The van der Waals surface area contributed by atoms with Crippen molar-refractivity contribution < 1.29 is 9.53 Å². The Hall–Kier alpha value is 0.520. The SMILES string of the molecule is CCCCCCCCCC(C)(C)SCCC(=O)OC(CSC(C)(C)CCCCCCCCC)CSC(C)(C)CCCCCCCCC. The fourth-order valence-corrected chi connectivity index (χ4v) is 9.63. The number of ether oxygens (including phenoxy) is 1. The summed E-state index contributed by atoms with van der Waals surface area (Å²) in [4.78, 5) is 13.2. The van der Waals surface area contributed by atoms with Gasteiger partial charge in [-0.1, -0.05) is 197 Å². The van der Waals surface area contributed by atoms with E-state index in [4.69, 9.17) is 4.74 Å². The second-order valence-electron chi connectivity index (χ2n) is 16.2. The van der Waals surface area contributed by atoms with Crippen molar-refractivity contribution in [1.29, 1.82) is 0 Å². The summed E-state index contributed by atoms with van der Waals surface area (Å²) in [5.74, 6) is 2.69. The zero-order valence-corrected chi connectivity index (χ0v) is 35.9. The molecule has 5 heteroatoms. The van der Waals surface area contributed by atoms with Crippen molar-refractivity contribution >= 4 is 41.3 Å². The number of carbonyl (C=O) groups excluding carboxylic acids is 1. The molecule has 47 heavy (non-hydrogen) atoms. The molecule has 282 valence electrons. The van der Waals surface area contributed by atoms with Crippen LogP contribution in [0.3, 0.4) is 0 Å². The lowest BCUT2D eigenvalue weighted by atomic mass is 10.0. The maximum atomic E-state index is 13.2. The molecule has 0 N–H and O–H groups in total. The lowest BCUT2D eigenvalue weighted by molar-refractivity contribution is -0.146. The fraction of sp³-hybridized carbons (Fsp3) is 0.976. The van der Waals surface area contributed by atoms with Crippen LogP contribution in [0.1, 0.15) is 223 Å². The third kappa shape index (κ3) is 32.2. The molecule has 0 rings (SSSR count). The zero-order chi connectivity index (χ0) is 35.3. The van der Waals surface area contributed by atoms with Crippen molar-refractivity contribution in [2.75, 3.05) is 17.3 Å². The van der Waals surface area contributed by atoms with Crippen LogP contribution in [-0.4, -0.2) is 43.6 Å². The zero-order valence-electron chi connectivity index (χ0n) is 33.4. The minimum absolute atomic E-state index is 0.00481. The van der Waals surface area contributed by atoms with E-state index in [9.17, 15) is 4.79 Å². The average Bonchev–Trinajstić information content (AvgIpc) is 3.01. The van der Waals surface area contributed by atoms with Crippen LogP contribution in [0.2, 0.25) is 0 Å². The minimum Gasteiger partial charge on any atom is -0.461 e. The number of hydrogen-bond acceptors (Lipinski definition) is 5. The molecule has 0 spiro atoms. The minimum atomic E-state index is -0.00939. The number of rotatable bonds is 35. The Balaban J connectivity index is 4.80. The summed E-state index contributed by atoms with van der Waals surface area (Å²) in [7, 11) is 0. The van der Waals surface area contributed by atoms with E-state index in [1.165, 1.54) is 154 Å². The normalized spacial score (nSPS) is 12.7. The van der Waals surface area contributed by atoms with Crippen molar-refractivity contribution in [2.24, 2.45) is 0 Å². The third-order valence-electron chi connectivity index (χ3n) is 9.56. The Bertz CT molecular complexity index is 672. The molecule has 0 amide bonds. The summed E-state index contributed by atoms with van der Waals surface area (Å²) in [5.41, 5.74) is 0. The monoisotopic (exact) mass is 717 g/mol. The highest BCUT2D eigenvalue weighted by Gasteiger charge is 2.26. The van der Waals surface area contributed by atoms with Gasteiger partial charge in [0.1, 0.15) is 6.10 Å². The summed E-state index contributed by atoms with van der Waals surface area (Å²) >= 11 is 6.03. The van der Waals surface area contributed by atoms with E-state index in [0.717, 1.165) is 17.3 Å². The molecule has 0 bridgehead atoms. The fourth-order valence-electron chi connectivity index (χ4n) is 6.15. The van der Waals surface area contributed by atoms with E-state index in [2.05, 4.69) is 62.3 Å². The van der Waals surface area contributed by atoms with Crippen LogP contribution in [0.25, 0.3) is 0 Å². The van der Waals surface area contributed by atoms with Gasteiger partial charge in [0.2, 0.25) is 0 Å². The number of unbranched alkanes of at least 4 members (excludes halogenated alkanes) is 18. The smallest absolute Gasteiger partial charge is 0.306 e. The molecule has 0 aromatic carbocycles. The summed E-state index contributed by atoms with van der Waals surface area (Å²) in [6.45, 7) is 21.2. The van der Waals surface area contributed by atoms with Crippen molar-refractivity contribution in [3.63, 3.8) is 0 Å². The second-order valence-corrected chi connectivity index (χ2v) is 21.5. The number of carbonyl (C=O) groups is 1. The van der Waals surface area contributed by atoms with Gasteiger partial charge in [0.05, 0.1) is 6.42 Å². The van der Waals surface area contributed by atoms with Crippen molar-refractivity contribution in [2.45, 2.75) is 243 Å². The molecule has 0 aliphatic carbocycles. The van der Waals surface area contributed by atoms with Gasteiger partial charge in [0.25, 0.3) is 0 Å². The first kappa shape index (κ1) is 47.5. The highest BCUT2D eigenvalue weighted by molar-refractivity contribution is 8.01. The van der Waals surface area contributed by atoms with E-state index in [0.29, 0.717) is 6.42 Å². The molecule has 0 fully saturated rings. The summed E-state index contributed by atoms with van der Waals surface area (Å²) in [6.07, 6.45) is 32.8. The van der Waals surface area contributed by atoms with Gasteiger partial charge in [-0.25, -0.2) is 0 Å².